The van der Waals surface area contributed by atoms with Crippen LogP contribution in [0.2, 0.25) is 0 Å². The smallest absolute Gasteiger partial charge is 0.164 e. The van der Waals surface area contributed by atoms with Gasteiger partial charge in [0.1, 0.15) is 11.9 Å². The Balaban J connectivity index is 2.47. The van der Waals surface area contributed by atoms with E-state index in [-0.39, 0.29) is 11.1 Å². The van der Waals surface area contributed by atoms with Gasteiger partial charge in [-0.15, -0.1) is 0 Å². The topological polar surface area (TPSA) is 20.2 Å². The summed E-state index contributed by atoms with van der Waals surface area (Å²) in [5.74, 6) is -2.69. The SMILES string of the molecule is Cc1cc(F)cc(C(O)c2cccc(F)c2F)c1. The highest BCUT2D eigenvalue weighted by atomic mass is 19.2. The van der Waals surface area contributed by atoms with Crippen LogP contribution in [0.4, 0.5) is 13.2 Å². The molecule has 0 heterocycles. The maximum atomic E-state index is 13.5. The molecule has 0 aromatic heterocycles. The number of hydrogen-bond donors (Lipinski definition) is 1. The first-order valence-corrected chi connectivity index (χ1v) is 5.38. The fourth-order valence-electron chi connectivity index (χ4n) is 1.83. The maximum Gasteiger partial charge on any atom is 0.164 e. The van der Waals surface area contributed by atoms with E-state index >= 15 is 0 Å². The molecular weight excluding hydrogens is 241 g/mol. The van der Waals surface area contributed by atoms with Gasteiger partial charge in [0.25, 0.3) is 0 Å². The zero-order valence-electron chi connectivity index (χ0n) is 9.62. The lowest BCUT2D eigenvalue weighted by Gasteiger charge is -2.13. The van der Waals surface area contributed by atoms with Crippen molar-refractivity contribution >= 4 is 0 Å². The second kappa shape index (κ2) is 4.82. The van der Waals surface area contributed by atoms with Crippen molar-refractivity contribution in [2.75, 3.05) is 0 Å². The van der Waals surface area contributed by atoms with Gasteiger partial charge in [-0.1, -0.05) is 18.2 Å². The summed E-state index contributed by atoms with van der Waals surface area (Å²) in [5, 5.41) is 9.97. The lowest BCUT2D eigenvalue weighted by molar-refractivity contribution is 0.212. The Morgan fingerprint density at radius 1 is 1.06 bits per heavy atom. The van der Waals surface area contributed by atoms with Crippen LogP contribution >= 0.6 is 0 Å². The number of benzene rings is 2. The van der Waals surface area contributed by atoms with Gasteiger partial charge >= 0.3 is 0 Å². The quantitative estimate of drug-likeness (QED) is 0.867. The van der Waals surface area contributed by atoms with Crippen LogP contribution in [0.3, 0.4) is 0 Å². The van der Waals surface area contributed by atoms with Crippen molar-refractivity contribution in [2.45, 2.75) is 13.0 Å². The van der Waals surface area contributed by atoms with Crippen molar-refractivity contribution in [1.82, 2.24) is 0 Å². The Morgan fingerprint density at radius 3 is 2.44 bits per heavy atom. The summed E-state index contributed by atoms with van der Waals surface area (Å²) in [6.07, 6.45) is -1.39. The van der Waals surface area contributed by atoms with Crippen LogP contribution < -0.4 is 0 Å². The molecule has 1 N–H and O–H groups in total. The van der Waals surface area contributed by atoms with Crippen LogP contribution in [0, 0.1) is 24.4 Å². The zero-order valence-corrected chi connectivity index (χ0v) is 9.62. The lowest BCUT2D eigenvalue weighted by atomic mass is 9.99. The van der Waals surface area contributed by atoms with Gasteiger partial charge in [-0.3, -0.25) is 0 Å². The molecule has 94 valence electrons. The second-order valence-corrected chi connectivity index (χ2v) is 4.11. The Morgan fingerprint density at radius 2 is 1.78 bits per heavy atom. The minimum atomic E-state index is -1.39. The molecule has 2 rings (SSSR count). The molecule has 2 aromatic rings. The average molecular weight is 252 g/mol. The molecule has 0 saturated heterocycles. The van der Waals surface area contributed by atoms with Gasteiger partial charge in [0, 0.05) is 5.56 Å². The zero-order chi connectivity index (χ0) is 13.3. The van der Waals surface area contributed by atoms with E-state index in [1.165, 1.54) is 24.3 Å². The Bertz CT molecular complexity index is 561. The summed E-state index contributed by atoms with van der Waals surface area (Å²) < 4.78 is 39.8. The van der Waals surface area contributed by atoms with E-state index in [1.807, 2.05) is 0 Å². The summed E-state index contributed by atoms with van der Waals surface area (Å²) in [6, 6.07) is 7.44. The third-order valence-electron chi connectivity index (χ3n) is 2.66. The van der Waals surface area contributed by atoms with Crippen molar-refractivity contribution in [3.63, 3.8) is 0 Å². The highest BCUT2D eigenvalue weighted by molar-refractivity contribution is 5.33. The van der Waals surface area contributed by atoms with Crippen molar-refractivity contribution in [3.05, 3.63) is 70.5 Å². The number of aliphatic hydroxyl groups is 1. The first-order chi connectivity index (χ1) is 8.49. The molecule has 0 saturated carbocycles. The predicted molar refractivity (Wildman–Crippen MR) is 61.6 cm³/mol. The number of halogens is 3. The molecule has 0 bridgehead atoms. The van der Waals surface area contributed by atoms with Crippen LogP contribution in [-0.2, 0) is 0 Å². The average Bonchev–Trinajstić information content (AvgIpc) is 2.30. The van der Waals surface area contributed by atoms with Crippen LogP contribution in [0.1, 0.15) is 22.8 Å². The number of hydrogen-bond acceptors (Lipinski definition) is 1. The van der Waals surface area contributed by atoms with Crippen molar-refractivity contribution in [3.8, 4) is 0 Å². The van der Waals surface area contributed by atoms with E-state index in [2.05, 4.69) is 0 Å². The van der Waals surface area contributed by atoms with Gasteiger partial charge < -0.3 is 5.11 Å². The van der Waals surface area contributed by atoms with E-state index in [4.69, 9.17) is 0 Å². The van der Waals surface area contributed by atoms with Crippen LogP contribution in [-0.4, -0.2) is 5.11 Å². The number of aryl methyl sites for hydroxylation is 1. The Labute approximate surface area is 103 Å². The van der Waals surface area contributed by atoms with E-state index in [9.17, 15) is 18.3 Å². The van der Waals surface area contributed by atoms with Crippen LogP contribution in [0.5, 0.6) is 0 Å². The third-order valence-corrected chi connectivity index (χ3v) is 2.66. The molecule has 1 atom stereocenters. The van der Waals surface area contributed by atoms with E-state index in [0.29, 0.717) is 5.56 Å². The number of aliphatic hydroxyl groups excluding tert-OH is 1. The molecule has 1 nitrogen and oxygen atoms in total. The highest BCUT2D eigenvalue weighted by Gasteiger charge is 2.18. The van der Waals surface area contributed by atoms with Gasteiger partial charge in [-0.05, 0) is 36.2 Å². The first kappa shape index (κ1) is 12.6. The normalized spacial score (nSPS) is 12.5. The molecule has 0 amide bonds. The van der Waals surface area contributed by atoms with Gasteiger partial charge in [-0.2, -0.15) is 0 Å². The molecule has 0 spiro atoms. The first-order valence-electron chi connectivity index (χ1n) is 5.38. The van der Waals surface area contributed by atoms with Crippen molar-refractivity contribution in [1.29, 1.82) is 0 Å². The standard InChI is InChI=1S/C14H11F3O/c1-8-5-9(7-10(15)6-8)14(18)11-3-2-4-12(16)13(11)17/h2-7,14,18H,1H3. The Hall–Kier alpha value is -1.81. The summed E-state index contributed by atoms with van der Waals surface area (Å²) in [4.78, 5) is 0. The van der Waals surface area contributed by atoms with Gasteiger partial charge in [0.05, 0.1) is 0 Å². The molecular formula is C14H11F3O. The van der Waals surface area contributed by atoms with Crippen molar-refractivity contribution in [2.24, 2.45) is 0 Å². The van der Waals surface area contributed by atoms with E-state index in [1.54, 1.807) is 6.92 Å². The van der Waals surface area contributed by atoms with E-state index < -0.39 is 23.6 Å². The van der Waals surface area contributed by atoms with Crippen LogP contribution in [0.15, 0.2) is 36.4 Å². The summed E-state index contributed by atoms with van der Waals surface area (Å²) in [6.45, 7) is 1.65. The summed E-state index contributed by atoms with van der Waals surface area (Å²) >= 11 is 0. The predicted octanol–water partition coefficient (Wildman–Crippen LogP) is 3.49. The largest absolute Gasteiger partial charge is 0.384 e. The highest BCUT2D eigenvalue weighted by Crippen LogP contribution is 2.26. The molecule has 0 aliphatic carbocycles. The number of rotatable bonds is 2. The molecule has 1 unspecified atom stereocenters. The molecule has 4 heteroatoms. The van der Waals surface area contributed by atoms with Crippen molar-refractivity contribution < 1.29 is 18.3 Å². The summed E-state index contributed by atoms with van der Waals surface area (Å²) in [7, 11) is 0. The fraction of sp³-hybridized carbons (Fsp3) is 0.143. The molecule has 0 fully saturated rings. The third kappa shape index (κ3) is 2.38. The molecule has 0 aliphatic rings. The lowest BCUT2D eigenvalue weighted by Crippen LogP contribution is -2.05. The fourth-order valence-corrected chi connectivity index (χ4v) is 1.83. The van der Waals surface area contributed by atoms with Gasteiger partial charge in [-0.25, -0.2) is 13.2 Å². The minimum Gasteiger partial charge on any atom is -0.384 e. The molecule has 0 aliphatic heterocycles. The van der Waals surface area contributed by atoms with Gasteiger partial charge in [0.2, 0.25) is 0 Å². The summed E-state index contributed by atoms with van der Waals surface area (Å²) in [5.41, 5.74) is 0.581. The monoisotopic (exact) mass is 252 g/mol. The second-order valence-electron chi connectivity index (χ2n) is 4.11. The molecule has 2 aromatic carbocycles. The minimum absolute atomic E-state index is 0.192. The van der Waals surface area contributed by atoms with Gasteiger partial charge in [0.15, 0.2) is 11.6 Å². The molecule has 0 radical (unpaired) electrons. The van der Waals surface area contributed by atoms with Crippen LogP contribution in [0.25, 0.3) is 0 Å². The molecule has 18 heavy (non-hydrogen) atoms. The van der Waals surface area contributed by atoms with E-state index in [0.717, 1.165) is 12.1 Å². The maximum absolute atomic E-state index is 13.5. The Kier molecular flexibility index (Phi) is 3.39.